The van der Waals surface area contributed by atoms with Gasteiger partial charge < -0.3 is 5.11 Å². The molecule has 2 heteroatoms. The number of terminal acetylenes is 1. The largest absolute Gasteiger partial charge is 0.478 e. The lowest BCUT2D eigenvalue weighted by Gasteiger charge is -2.04. The number of aromatic carboxylic acids is 1. The van der Waals surface area contributed by atoms with Crippen LogP contribution in [0.2, 0.25) is 0 Å². The lowest BCUT2D eigenvalue weighted by molar-refractivity contribution is 0.0699. The van der Waals surface area contributed by atoms with Crippen molar-refractivity contribution in [1.29, 1.82) is 0 Å². The Kier molecular flexibility index (Phi) is 2.15. The van der Waals surface area contributed by atoms with Crippen LogP contribution < -0.4 is 0 Å². The molecule has 0 radical (unpaired) electrons. The van der Waals surface area contributed by atoms with E-state index in [9.17, 15) is 4.79 Å². The SMILES string of the molecule is C#Cc1cccc2cccc(C(=O)O)c12. The second-order valence-corrected chi connectivity index (χ2v) is 3.16. The molecule has 2 aromatic carbocycles. The van der Waals surface area contributed by atoms with E-state index in [-0.39, 0.29) is 5.56 Å². The smallest absolute Gasteiger partial charge is 0.336 e. The van der Waals surface area contributed by atoms with Crippen molar-refractivity contribution in [2.45, 2.75) is 0 Å². The summed E-state index contributed by atoms with van der Waals surface area (Å²) in [6.45, 7) is 0. The molecular weight excluding hydrogens is 188 g/mol. The summed E-state index contributed by atoms with van der Waals surface area (Å²) in [5.41, 5.74) is 0.867. The van der Waals surface area contributed by atoms with Crippen molar-refractivity contribution in [3.8, 4) is 12.3 Å². The van der Waals surface area contributed by atoms with E-state index in [1.807, 2.05) is 18.2 Å². The molecule has 0 spiro atoms. The van der Waals surface area contributed by atoms with E-state index in [0.717, 1.165) is 5.39 Å². The van der Waals surface area contributed by atoms with Crippen LogP contribution in [0.25, 0.3) is 10.8 Å². The third-order valence-corrected chi connectivity index (χ3v) is 2.29. The van der Waals surface area contributed by atoms with Gasteiger partial charge in [-0.05, 0) is 17.5 Å². The molecule has 0 fully saturated rings. The van der Waals surface area contributed by atoms with Gasteiger partial charge in [0.2, 0.25) is 0 Å². The standard InChI is InChI=1S/C13H8O2/c1-2-9-5-3-6-10-7-4-8-11(12(9)10)13(14)15/h1,3-8H,(H,14,15). The summed E-state index contributed by atoms with van der Waals surface area (Å²) in [5, 5.41) is 10.5. The molecule has 0 heterocycles. The van der Waals surface area contributed by atoms with Gasteiger partial charge in [0.25, 0.3) is 0 Å². The van der Waals surface area contributed by atoms with Crippen molar-refractivity contribution < 1.29 is 9.90 Å². The normalized spacial score (nSPS) is 9.80. The number of carboxylic acids is 1. The number of carbonyl (C=O) groups is 1. The molecule has 0 amide bonds. The minimum atomic E-state index is -0.955. The zero-order chi connectivity index (χ0) is 10.8. The van der Waals surface area contributed by atoms with Crippen LogP contribution in [0.1, 0.15) is 15.9 Å². The molecule has 1 N–H and O–H groups in total. The average Bonchev–Trinajstić information content (AvgIpc) is 2.27. The molecule has 0 bridgehead atoms. The number of fused-ring (bicyclic) bond motifs is 1. The van der Waals surface area contributed by atoms with E-state index >= 15 is 0 Å². The molecule has 2 aromatic rings. The van der Waals surface area contributed by atoms with E-state index in [0.29, 0.717) is 10.9 Å². The minimum absolute atomic E-state index is 0.251. The zero-order valence-electron chi connectivity index (χ0n) is 7.90. The van der Waals surface area contributed by atoms with Crippen LogP contribution in [0.3, 0.4) is 0 Å². The molecule has 0 saturated heterocycles. The Morgan fingerprint density at radius 1 is 1.20 bits per heavy atom. The van der Waals surface area contributed by atoms with Crippen LogP contribution in [0.15, 0.2) is 36.4 Å². The fourth-order valence-electron chi connectivity index (χ4n) is 1.64. The first-order valence-electron chi connectivity index (χ1n) is 4.45. The molecule has 72 valence electrons. The van der Waals surface area contributed by atoms with E-state index in [1.165, 1.54) is 0 Å². The average molecular weight is 196 g/mol. The lowest BCUT2D eigenvalue weighted by Crippen LogP contribution is -1.98. The van der Waals surface area contributed by atoms with Gasteiger partial charge in [-0.25, -0.2) is 4.79 Å². The van der Waals surface area contributed by atoms with Crippen molar-refractivity contribution in [3.63, 3.8) is 0 Å². The number of rotatable bonds is 1. The van der Waals surface area contributed by atoms with Gasteiger partial charge in [-0.2, -0.15) is 0 Å². The number of carboxylic acid groups (broad SMARTS) is 1. The highest BCUT2D eigenvalue weighted by Crippen LogP contribution is 2.22. The summed E-state index contributed by atoms with van der Waals surface area (Å²) in [6.07, 6.45) is 5.34. The molecule has 2 rings (SSSR count). The first-order chi connectivity index (χ1) is 7.24. The first-order valence-corrected chi connectivity index (χ1v) is 4.45. The maximum absolute atomic E-state index is 11.0. The van der Waals surface area contributed by atoms with Crippen LogP contribution in [0, 0.1) is 12.3 Å². The Morgan fingerprint density at radius 3 is 2.47 bits per heavy atom. The quantitative estimate of drug-likeness (QED) is 0.711. The Morgan fingerprint density at radius 2 is 1.87 bits per heavy atom. The van der Waals surface area contributed by atoms with Gasteiger partial charge >= 0.3 is 5.97 Å². The van der Waals surface area contributed by atoms with Gasteiger partial charge in [-0.3, -0.25) is 0 Å². The Bertz CT molecular complexity index is 571. The first kappa shape index (κ1) is 9.29. The minimum Gasteiger partial charge on any atom is -0.478 e. The second kappa shape index (κ2) is 3.47. The molecule has 0 aliphatic heterocycles. The maximum Gasteiger partial charge on any atom is 0.336 e. The monoisotopic (exact) mass is 196 g/mol. The number of benzene rings is 2. The third-order valence-electron chi connectivity index (χ3n) is 2.29. The molecular formula is C13H8O2. The van der Waals surface area contributed by atoms with Crippen LogP contribution >= 0.6 is 0 Å². The van der Waals surface area contributed by atoms with Gasteiger partial charge in [-0.1, -0.05) is 30.2 Å². The molecule has 0 aliphatic rings. The highest BCUT2D eigenvalue weighted by atomic mass is 16.4. The van der Waals surface area contributed by atoms with Crippen molar-refractivity contribution >= 4 is 16.7 Å². The summed E-state index contributed by atoms with van der Waals surface area (Å²) < 4.78 is 0. The van der Waals surface area contributed by atoms with E-state index < -0.39 is 5.97 Å². The molecule has 2 nitrogen and oxygen atoms in total. The second-order valence-electron chi connectivity index (χ2n) is 3.16. The van der Waals surface area contributed by atoms with Crippen LogP contribution in [0.4, 0.5) is 0 Å². The van der Waals surface area contributed by atoms with Crippen molar-refractivity contribution in [3.05, 3.63) is 47.5 Å². The van der Waals surface area contributed by atoms with E-state index in [1.54, 1.807) is 18.2 Å². The Hall–Kier alpha value is -2.27. The molecule has 0 aliphatic carbocycles. The highest BCUT2D eigenvalue weighted by molar-refractivity contribution is 6.06. The number of hydrogen-bond donors (Lipinski definition) is 1. The van der Waals surface area contributed by atoms with E-state index in [2.05, 4.69) is 5.92 Å². The van der Waals surface area contributed by atoms with Gasteiger partial charge in [0.05, 0.1) is 5.56 Å². The molecule has 15 heavy (non-hydrogen) atoms. The lowest BCUT2D eigenvalue weighted by atomic mass is 10.00. The van der Waals surface area contributed by atoms with Crippen molar-refractivity contribution in [2.75, 3.05) is 0 Å². The Labute approximate surface area is 87.2 Å². The summed E-state index contributed by atoms with van der Waals surface area (Å²) in [5.74, 6) is 1.55. The van der Waals surface area contributed by atoms with Crippen LogP contribution in [-0.2, 0) is 0 Å². The molecule has 0 aromatic heterocycles. The highest BCUT2D eigenvalue weighted by Gasteiger charge is 2.09. The Balaban J connectivity index is 2.95. The fraction of sp³-hybridized carbons (Fsp3) is 0. The predicted molar refractivity (Wildman–Crippen MR) is 58.8 cm³/mol. The molecule has 0 saturated carbocycles. The topological polar surface area (TPSA) is 37.3 Å². The van der Waals surface area contributed by atoms with Gasteiger partial charge in [0.1, 0.15) is 0 Å². The summed E-state index contributed by atoms with van der Waals surface area (Å²) in [4.78, 5) is 11.0. The molecule has 0 atom stereocenters. The van der Waals surface area contributed by atoms with Crippen molar-refractivity contribution in [2.24, 2.45) is 0 Å². The third kappa shape index (κ3) is 1.44. The molecule has 0 unspecified atom stereocenters. The predicted octanol–water partition coefficient (Wildman–Crippen LogP) is 2.52. The summed E-state index contributed by atoms with van der Waals surface area (Å²) in [7, 11) is 0. The fourth-order valence-corrected chi connectivity index (χ4v) is 1.64. The van der Waals surface area contributed by atoms with Gasteiger partial charge in [0.15, 0.2) is 0 Å². The van der Waals surface area contributed by atoms with Crippen molar-refractivity contribution in [1.82, 2.24) is 0 Å². The van der Waals surface area contributed by atoms with Crippen LogP contribution in [0.5, 0.6) is 0 Å². The van der Waals surface area contributed by atoms with Gasteiger partial charge in [0, 0.05) is 10.9 Å². The zero-order valence-corrected chi connectivity index (χ0v) is 7.90. The van der Waals surface area contributed by atoms with Crippen LogP contribution in [-0.4, -0.2) is 11.1 Å². The summed E-state index contributed by atoms with van der Waals surface area (Å²) in [6, 6.07) is 10.5. The number of hydrogen-bond acceptors (Lipinski definition) is 1. The summed E-state index contributed by atoms with van der Waals surface area (Å²) >= 11 is 0. The van der Waals surface area contributed by atoms with E-state index in [4.69, 9.17) is 11.5 Å². The maximum atomic E-state index is 11.0. The van der Waals surface area contributed by atoms with Gasteiger partial charge in [-0.15, -0.1) is 6.42 Å².